The van der Waals surface area contributed by atoms with Crippen molar-refractivity contribution in [2.45, 2.75) is 6.92 Å². The van der Waals surface area contributed by atoms with Gasteiger partial charge in [-0.05, 0) is 31.3 Å². The fraction of sp³-hybridized carbons (Fsp3) is 0.167. The van der Waals surface area contributed by atoms with Crippen LogP contribution in [0.2, 0.25) is 0 Å². The summed E-state index contributed by atoms with van der Waals surface area (Å²) in [5.74, 6) is 0.507. The molecule has 1 amide bonds. The predicted molar refractivity (Wildman–Crippen MR) is 74.9 cm³/mol. The number of ether oxygens (including phenoxy) is 1. The first kappa shape index (κ1) is 12.8. The van der Waals surface area contributed by atoms with E-state index in [0.29, 0.717) is 14.7 Å². The summed E-state index contributed by atoms with van der Waals surface area (Å²) >= 11 is 6.48. The number of hydrogen-bond donors (Lipinski definition) is 1. The molecule has 0 saturated heterocycles. The van der Waals surface area contributed by atoms with Crippen LogP contribution < -0.4 is 10.1 Å². The topological polar surface area (TPSA) is 43.3 Å². The van der Waals surface area contributed by atoms with E-state index in [1.54, 1.807) is 24.3 Å². The Hall–Kier alpha value is -1.66. The lowest BCUT2D eigenvalue weighted by Crippen LogP contribution is -2.16. The fourth-order valence-corrected chi connectivity index (χ4v) is 2.60. The minimum atomic E-state index is -0.513. The molecule has 0 fully saturated rings. The molecule has 94 valence electrons. The third-order valence-corrected chi connectivity index (χ3v) is 4.04. The Morgan fingerprint density at radius 3 is 2.61 bits per heavy atom. The van der Waals surface area contributed by atoms with Crippen LogP contribution in [0.4, 0.5) is 9.80 Å². The van der Waals surface area contributed by atoms with Crippen LogP contribution in [0.5, 0.6) is 5.75 Å². The third kappa shape index (κ3) is 2.77. The van der Waals surface area contributed by atoms with Gasteiger partial charge >= 0.3 is 6.09 Å². The van der Waals surface area contributed by atoms with Gasteiger partial charge in [0.1, 0.15) is 10.8 Å². The molecule has 0 unspecified atom stereocenters. The second kappa shape index (κ2) is 5.32. The molecule has 0 aliphatic heterocycles. The number of rotatable bonds is 2. The number of carbonyl (C=O) groups is 1. The highest BCUT2D eigenvalue weighted by molar-refractivity contribution is 7.73. The number of nitrogens with zero attached hydrogens (tertiary/aromatic N) is 1. The van der Waals surface area contributed by atoms with E-state index in [4.69, 9.17) is 17.0 Å². The number of benzene rings is 1. The predicted octanol–water partition coefficient (Wildman–Crippen LogP) is 3.74. The van der Waals surface area contributed by atoms with E-state index in [1.165, 1.54) is 11.3 Å². The first-order valence-electron chi connectivity index (χ1n) is 5.28. The van der Waals surface area contributed by atoms with Gasteiger partial charge in [-0.15, -0.1) is 0 Å². The number of nitrogens with one attached hydrogen (secondary N) is 1. The molecular formula is C12H12N2O2S2. The number of amides is 1. The maximum Gasteiger partial charge on any atom is 0.417 e. The van der Waals surface area contributed by atoms with Crippen molar-refractivity contribution in [2.24, 2.45) is 7.05 Å². The highest BCUT2D eigenvalue weighted by atomic mass is 32.1. The van der Waals surface area contributed by atoms with Crippen molar-refractivity contribution < 1.29 is 9.53 Å². The Labute approximate surface area is 114 Å². The first-order chi connectivity index (χ1) is 8.58. The minimum absolute atomic E-state index is 0.507. The molecule has 0 atom stereocenters. The Kier molecular flexibility index (Phi) is 3.78. The second-order valence-corrected chi connectivity index (χ2v) is 5.31. The Balaban J connectivity index is 2.08. The lowest BCUT2D eigenvalue weighted by atomic mass is 10.3. The maximum absolute atomic E-state index is 11.7. The Morgan fingerprint density at radius 2 is 2.06 bits per heavy atom. The maximum atomic E-state index is 11.7. The monoisotopic (exact) mass is 280 g/mol. The fourth-order valence-electron chi connectivity index (χ4n) is 1.35. The summed E-state index contributed by atoms with van der Waals surface area (Å²) in [6, 6.07) is 8.91. The SMILES string of the molecule is Cc1c(NC(=O)Oc2ccccc2)sc(=S)n1C. The molecule has 1 aromatic heterocycles. The van der Waals surface area contributed by atoms with Gasteiger partial charge in [0.15, 0.2) is 3.95 Å². The molecule has 0 bridgehead atoms. The lowest BCUT2D eigenvalue weighted by molar-refractivity contribution is 0.215. The number of anilines is 1. The van der Waals surface area contributed by atoms with E-state index in [2.05, 4.69) is 5.32 Å². The average molecular weight is 280 g/mol. The van der Waals surface area contributed by atoms with Gasteiger partial charge in [0.25, 0.3) is 0 Å². The summed E-state index contributed by atoms with van der Waals surface area (Å²) in [5.41, 5.74) is 0.912. The second-order valence-electron chi connectivity index (χ2n) is 3.67. The van der Waals surface area contributed by atoms with E-state index >= 15 is 0 Å². The van der Waals surface area contributed by atoms with Gasteiger partial charge in [-0.1, -0.05) is 29.5 Å². The van der Waals surface area contributed by atoms with Gasteiger partial charge in [-0.2, -0.15) is 0 Å². The molecule has 0 aliphatic rings. The summed E-state index contributed by atoms with van der Waals surface area (Å²) in [6.45, 7) is 1.89. The zero-order chi connectivity index (χ0) is 13.1. The van der Waals surface area contributed by atoms with Crippen molar-refractivity contribution in [2.75, 3.05) is 5.32 Å². The summed E-state index contributed by atoms with van der Waals surface area (Å²) < 4.78 is 7.69. The summed E-state index contributed by atoms with van der Waals surface area (Å²) in [4.78, 5) is 11.7. The molecule has 18 heavy (non-hydrogen) atoms. The van der Waals surface area contributed by atoms with E-state index in [-0.39, 0.29) is 0 Å². The lowest BCUT2D eigenvalue weighted by Gasteiger charge is -2.05. The molecule has 1 heterocycles. The molecule has 0 saturated carbocycles. The highest BCUT2D eigenvalue weighted by Gasteiger charge is 2.10. The molecule has 0 spiro atoms. The molecule has 6 heteroatoms. The number of para-hydroxylation sites is 1. The minimum Gasteiger partial charge on any atom is -0.410 e. The normalized spacial score (nSPS) is 10.1. The van der Waals surface area contributed by atoms with Crippen LogP contribution in [0.1, 0.15) is 5.69 Å². The molecule has 1 N–H and O–H groups in total. The van der Waals surface area contributed by atoms with Crippen molar-refractivity contribution in [3.8, 4) is 5.75 Å². The van der Waals surface area contributed by atoms with Crippen LogP contribution >= 0.6 is 23.6 Å². The van der Waals surface area contributed by atoms with E-state index in [9.17, 15) is 4.79 Å². The van der Waals surface area contributed by atoms with Gasteiger partial charge < -0.3 is 9.30 Å². The van der Waals surface area contributed by atoms with Crippen LogP contribution in [0.25, 0.3) is 0 Å². The third-order valence-electron chi connectivity index (χ3n) is 2.46. The van der Waals surface area contributed by atoms with Crippen LogP contribution in [0.15, 0.2) is 30.3 Å². The van der Waals surface area contributed by atoms with Gasteiger partial charge in [-0.25, -0.2) is 4.79 Å². The van der Waals surface area contributed by atoms with Gasteiger partial charge in [0.05, 0.1) is 5.69 Å². The van der Waals surface area contributed by atoms with Crippen LogP contribution in [0, 0.1) is 10.9 Å². The summed E-state index contributed by atoms with van der Waals surface area (Å²) in [7, 11) is 1.86. The van der Waals surface area contributed by atoms with Gasteiger partial charge in [0.2, 0.25) is 0 Å². The Bertz CT molecular complexity index is 617. The molecular weight excluding hydrogens is 268 g/mol. The standard InChI is InChI=1S/C12H12N2O2S2/c1-8-10(18-12(17)14(8)2)13-11(15)16-9-6-4-3-5-7-9/h3-7H,1-2H3,(H,13,15). The van der Waals surface area contributed by atoms with Crippen LogP contribution in [-0.2, 0) is 7.05 Å². The van der Waals surface area contributed by atoms with Crippen molar-refractivity contribution in [3.63, 3.8) is 0 Å². The highest BCUT2D eigenvalue weighted by Crippen LogP contribution is 2.24. The van der Waals surface area contributed by atoms with Crippen molar-refractivity contribution >= 4 is 34.6 Å². The smallest absolute Gasteiger partial charge is 0.410 e. The number of hydrogen-bond acceptors (Lipinski definition) is 4. The van der Waals surface area contributed by atoms with Gasteiger partial charge in [-0.3, -0.25) is 5.32 Å². The van der Waals surface area contributed by atoms with Gasteiger partial charge in [0, 0.05) is 7.05 Å². The van der Waals surface area contributed by atoms with E-state index in [0.717, 1.165) is 5.69 Å². The van der Waals surface area contributed by atoms with Crippen molar-refractivity contribution in [1.82, 2.24) is 4.57 Å². The van der Waals surface area contributed by atoms with Crippen molar-refractivity contribution in [3.05, 3.63) is 40.0 Å². The molecule has 0 radical (unpaired) electrons. The first-order valence-corrected chi connectivity index (χ1v) is 6.50. The molecule has 2 aromatic rings. The largest absolute Gasteiger partial charge is 0.417 e. The zero-order valence-electron chi connectivity index (χ0n) is 9.97. The van der Waals surface area contributed by atoms with Crippen LogP contribution in [-0.4, -0.2) is 10.7 Å². The number of thiazole rings is 1. The van der Waals surface area contributed by atoms with E-state index < -0.39 is 6.09 Å². The Morgan fingerprint density at radius 1 is 1.39 bits per heavy atom. The van der Waals surface area contributed by atoms with E-state index in [1.807, 2.05) is 24.6 Å². The van der Waals surface area contributed by atoms with Crippen molar-refractivity contribution in [1.29, 1.82) is 0 Å². The molecule has 2 rings (SSSR count). The molecule has 0 aliphatic carbocycles. The average Bonchev–Trinajstić information content (AvgIpc) is 2.58. The summed E-state index contributed by atoms with van der Waals surface area (Å²) in [5, 5.41) is 3.40. The molecule has 1 aromatic carbocycles. The number of carbonyl (C=O) groups excluding carboxylic acids is 1. The summed E-state index contributed by atoms with van der Waals surface area (Å²) in [6.07, 6.45) is -0.513. The zero-order valence-corrected chi connectivity index (χ0v) is 11.6. The van der Waals surface area contributed by atoms with Crippen LogP contribution in [0.3, 0.4) is 0 Å². The quantitative estimate of drug-likeness (QED) is 0.852. The number of aromatic nitrogens is 1. The molecule has 4 nitrogen and oxygen atoms in total.